The molecule has 1 aliphatic rings. The van der Waals surface area contributed by atoms with Crippen molar-refractivity contribution in [3.63, 3.8) is 0 Å². The quantitative estimate of drug-likeness (QED) is 0.809. The van der Waals surface area contributed by atoms with Gasteiger partial charge in [-0.25, -0.2) is 0 Å². The summed E-state index contributed by atoms with van der Waals surface area (Å²) in [5.41, 5.74) is 6.67. The molecule has 1 aromatic rings. The van der Waals surface area contributed by atoms with Gasteiger partial charge in [-0.05, 0) is 44.9 Å². The van der Waals surface area contributed by atoms with Crippen molar-refractivity contribution in [2.75, 3.05) is 26.2 Å². The maximum atomic E-state index is 12.5. The van der Waals surface area contributed by atoms with Gasteiger partial charge in [0, 0.05) is 30.8 Å². The Bertz CT molecular complexity index is 482. The van der Waals surface area contributed by atoms with Gasteiger partial charge in [-0.3, -0.25) is 4.79 Å². The zero-order valence-electron chi connectivity index (χ0n) is 12.5. The molecule has 5 nitrogen and oxygen atoms in total. The third-order valence-corrected chi connectivity index (χ3v) is 3.97. The van der Waals surface area contributed by atoms with Crippen LogP contribution in [0.5, 0.6) is 5.75 Å². The average molecular weight is 292 g/mol. The fourth-order valence-corrected chi connectivity index (χ4v) is 2.58. The fraction of sp³-hybridized carbons (Fsp3) is 0.562. The van der Waals surface area contributed by atoms with Gasteiger partial charge in [-0.1, -0.05) is 6.07 Å². The molecule has 1 heterocycles. The molecule has 116 valence electrons. The summed E-state index contributed by atoms with van der Waals surface area (Å²) in [6, 6.07) is 5.07. The Balaban J connectivity index is 1.90. The highest BCUT2D eigenvalue weighted by Crippen LogP contribution is 2.23. The number of benzene rings is 1. The zero-order chi connectivity index (χ0) is 15.2. The molecule has 2 rings (SSSR count). The normalized spacial score (nSPS) is 16.2. The number of rotatable bonds is 5. The molecule has 21 heavy (non-hydrogen) atoms. The van der Waals surface area contributed by atoms with Crippen molar-refractivity contribution in [1.82, 2.24) is 4.90 Å². The molecule has 0 spiro atoms. The predicted molar refractivity (Wildman–Crippen MR) is 81.4 cm³/mol. The number of ether oxygens (including phenoxy) is 1. The van der Waals surface area contributed by atoms with Crippen LogP contribution < -0.4 is 5.73 Å². The van der Waals surface area contributed by atoms with Crippen LogP contribution >= 0.6 is 0 Å². The van der Waals surface area contributed by atoms with Crippen molar-refractivity contribution in [1.29, 1.82) is 0 Å². The number of likely N-dealkylation sites (tertiary alicyclic amines) is 1. The van der Waals surface area contributed by atoms with Crippen molar-refractivity contribution in [3.8, 4) is 5.75 Å². The van der Waals surface area contributed by atoms with E-state index in [0.717, 1.165) is 19.3 Å². The number of hydrogen-bond acceptors (Lipinski definition) is 4. The van der Waals surface area contributed by atoms with E-state index >= 15 is 0 Å². The van der Waals surface area contributed by atoms with Crippen molar-refractivity contribution in [3.05, 3.63) is 29.3 Å². The second kappa shape index (κ2) is 7.43. The van der Waals surface area contributed by atoms with E-state index < -0.39 is 0 Å². The minimum Gasteiger partial charge on any atom is -0.508 e. The van der Waals surface area contributed by atoms with Crippen LogP contribution in [0.2, 0.25) is 0 Å². The van der Waals surface area contributed by atoms with Gasteiger partial charge in [0.05, 0.1) is 6.10 Å². The van der Waals surface area contributed by atoms with Crippen LogP contribution in [0.4, 0.5) is 0 Å². The van der Waals surface area contributed by atoms with Crippen LogP contribution in [0.15, 0.2) is 18.2 Å². The lowest BCUT2D eigenvalue weighted by Crippen LogP contribution is -2.41. The summed E-state index contributed by atoms with van der Waals surface area (Å²) in [6.07, 6.45) is 2.81. The number of piperidine rings is 1. The second-order valence-electron chi connectivity index (χ2n) is 5.45. The highest BCUT2D eigenvalue weighted by atomic mass is 16.5. The highest BCUT2D eigenvalue weighted by molar-refractivity contribution is 5.96. The van der Waals surface area contributed by atoms with Crippen molar-refractivity contribution in [2.45, 2.75) is 32.3 Å². The first-order chi connectivity index (χ1) is 10.1. The Kier molecular flexibility index (Phi) is 5.59. The van der Waals surface area contributed by atoms with Crippen molar-refractivity contribution in [2.24, 2.45) is 5.73 Å². The van der Waals surface area contributed by atoms with Gasteiger partial charge in [-0.15, -0.1) is 0 Å². The van der Waals surface area contributed by atoms with Crippen LogP contribution in [0.1, 0.15) is 35.2 Å². The van der Waals surface area contributed by atoms with Crippen LogP contribution in [0.3, 0.4) is 0 Å². The Morgan fingerprint density at radius 2 is 2.14 bits per heavy atom. The van der Waals surface area contributed by atoms with Crippen molar-refractivity contribution >= 4 is 5.91 Å². The van der Waals surface area contributed by atoms with Gasteiger partial charge in [-0.2, -0.15) is 0 Å². The second-order valence-corrected chi connectivity index (χ2v) is 5.45. The molecular weight excluding hydrogens is 268 g/mol. The van der Waals surface area contributed by atoms with E-state index in [2.05, 4.69) is 0 Å². The lowest BCUT2D eigenvalue weighted by atomic mass is 10.0. The summed E-state index contributed by atoms with van der Waals surface area (Å²) in [5.74, 6) is 0.157. The summed E-state index contributed by atoms with van der Waals surface area (Å²) in [7, 11) is 0. The number of phenols is 1. The van der Waals surface area contributed by atoms with Crippen molar-refractivity contribution < 1.29 is 14.6 Å². The molecule has 0 atom stereocenters. The third-order valence-electron chi connectivity index (χ3n) is 3.97. The number of phenolic OH excluding ortho intramolecular Hbond substituents is 1. The summed E-state index contributed by atoms with van der Waals surface area (Å²) in [4.78, 5) is 14.3. The first-order valence-electron chi connectivity index (χ1n) is 7.53. The maximum Gasteiger partial charge on any atom is 0.254 e. The van der Waals surface area contributed by atoms with E-state index in [0.29, 0.717) is 37.4 Å². The van der Waals surface area contributed by atoms with Crippen LogP contribution in [-0.4, -0.2) is 48.3 Å². The molecule has 0 saturated carbocycles. The van der Waals surface area contributed by atoms with E-state index in [-0.39, 0.29) is 17.8 Å². The van der Waals surface area contributed by atoms with E-state index in [4.69, 9.17) is 10.5 Å². The van der Waals surface area contributed by atoms with Gasteiger partial charge >= 0.3 is 0 Å². The summed E-state index contributed by atoms with van der Waals surface area (Å²) in [5, 5.41) is 9.71. The number of carbonyl (C=O) groups is 1. The first-order valence-corrected chi connectivity index (χ1v) is 7.53. The number of hydrogen-bond donors (Lipinski definition) is 2. The number of nitrogens with zero attached hydrogens (tertiary/aromatic N) is 1. The summed E-state index contributed by atoms with van der Waals surface area (Å²) < 4.78 is 5.74. The lowest BCUT2D eigenvalue weighted by Gasteiger charge is -2.32. The van der Waals surface area contributed by atoms with Crippen LogP contribution in [0, 0.1) is 6.92 Å². The summed E-state index contributed by atoms with van der Waals surface area (Å²) >= 11 is 0. The van der Waals surface area contributed by atoms with Gasteiger partial charge in [0.2, 0.25) is 0 Å². The molecule has 1 amide bonds. The Morgan fingerprint density at radius 3 is 2.81 bits per heavy atom. The minimum absolute atomic E-state index is 0.0104. The fourth-order valence-electron chi connectivity index (χ4n) is 2.58. The number of carbonyl (C=O) groups excluding carboxylic acids is 1. The Labute approximate surface area is 125 Å². The maximum absolute atomic E-state index is 12.5. The van der Waals surface area contributed by atoms with E-state index in [9.17, 15) is 9.90 Å². The third kappa shape index (κ3) is 3.95. The van der Waals surface area contributed by atoms with Gasteiger partial charge in [0.25, 0.3) is 5.91 Å². The molecule has 1 saturated heterocycles. The standard InChI is InChI=1S/C16H24N2O3/c1-12-14(4-2-5-15(12)19)16(20)18-9-6-13(7-10-18)21-11-3-8-17/h2,4-5,13,19H,3,6-11,17H2,1H3. The topological polar surface area (TPSA) is 75.8 Å². The molecular formula is C16H24N2O3. The molecule has 0 bridgehead atoms. The number of aromatic hydroxyl groups is 1. The van der Waals surface area contributed by atoms with Crippen LogP contribution in [0.25, 0.3) is 0 Å². The largest absolute Gasteiger partial charge is 0.508 e. The smallest absolute Gasteiger partial charge is 0.254 e. The molecule has 0 radical (unpaired) electrons. The Hall–Kier alpha value is -1.59. The monoisotopic (exact) mass is 292 g/mol. The lowest BCUT2D eigenvalue weighted by molar-refractivity contribution is 0.00842. The SMILES string of the molecule is Cc1c(O)cccc1C(=O)N1CCC(OCCCN)CC1. The van der Waals surface area contributed by atoms with E-state index in [1.165, 1.54) is 0 Å². The van der Waals surface area contributed by atoms with E-state index in [1.807, 2.05) is 4.90 Å². The molecule has 1 aliphatic heterocycles. The molecule has 0 aromatic heterocycles. The zero-order valence-corrected chi connectivity index (χ0v) is 12.5. The van der Waals surface area contributed by atoms with Gasteiger partial charge in [0.1, 0.15) is 5.75 Å². The average Bonchev–Trinajstić information content (AvgIpc) is 2.50. The van der Waals surface area contributed by atoms with Gasteiger partial charge in [0.15, 0.2) is 0 Å². The highest BCUT2D eigenvalue weighted by Gasteiger charge is 2.25. The first kappa shape index (κ1) is 15.8. The molecule has 0 unspecified atom stereocenters. The molecule has 0 aliphatic carbocycles. The molecule has 1 aromatic carbocycles. The number of nitrogens with two attached hydrogens (primary N) is 1. The Morgan fingerprint density at radius 1 is 1.43 bits per heavy atom. The molecule has 3 N–H and O–H groups in total. The minimum atomic E-state index is -0.0104. The van der Waals surface area contributed by atoms with E-state index in [1.54, 1.807) is 25.1 Å². The van der Waals surface area contributed by atoms with Crippen LogP contribution in [-0.2, 0) is 4.74 Å². The van der Waals surface area contributed by atoms with Gasteiger partial charge < -0.3 is 20.5 Å². The predicted octanol–water partition coefficient (Wildman–Crippen LogP) is 1.67. The number of amides is 1. The summed E-state index contributed by atoms with van der Waals surface area (Å²) in [6.45, 7) is 4.50. The molecule has 5 heteroatoms. The molecule has 1 fully saturated rings.